The lowest BCUT2D eigenvalue weighted by molar-refractivity contribution is -0.115. The molecule has 0 atom stereocenters. The predicted octanol–water partition coefficient (Wildman–Crippen LogP) is 1.45. The highest BCUT2D eigenvalue weighted by Gasteiger charge is 2.19. The van der Waals surface area contributed by atoms with Crippen LogP contribution in [0.1, 0.15) is 15.9 Å². The number of nitrogens with two attached hydrogens (primary N) is 2. The Bertz CT molecular complexity index is 854. The Kier molecular flexibility index (Phi) is 3.46. The maximum absolute atomic E-state index is 11.5. The minimum atomic E-state index is -1.05. The molecule has 7 nitrogen and oxygen atoms in total. The van der Waals surface area contributed by atoms with E-state index < -0.39 is 5.97 Å². The van der Waals surface area contributed by atoms with Gasteiger partial charge in [-0.1, -0.05) is 12.1 Å². The smallest absolute Gasteiger partial charge is 0.336 e. The fourth-order valence-electron chi connectivity index (χ4n) is 2.56. The van der Waals surface area contributed by atoms with Gasteiger partial charge in [0.25, 0.3) is 0 Å². The third-order valence-corrected chi connectivity index (χ3v) is 3.54. The fourth-order valence-corrected chi connectivity index (χ4v) is 2.56. The van der Waals surface area contributed by atoms with Gasteiger partial charge in [-0.2, -0.15) is 0 Å². The van der Waals surface area contributed by atoms with Gasteiger partial charge in [-0.3, -0.25) is 4.79 Å². The van der Waals surface area contributed by atoms with Crippen molar-refractivity contribution in [2.75, 3.05) is 5.32 Å². The second-order valence-electron chi connectivity index (χ2n) is 5.17. The van der Waals surface area contributed by atoms with E-state index in [1.165, 1.54) is 12.1 Å². The molecule has 7 heteroatoms. The molecule has 0 radical (unpaired) electrons. The molecular weight excluding hydrogens is 296 g/mol. The van der Waals surface area contributed by atoms with Crippen LogP contribution in [0.2, 0.25) is 0 Å². The van der Waals surface area contributed by atoms with Crippen LogP contribution in [-0.4, -0.2) is 22.9 Å². The molecule has 0 spiro atoms. The monoisotopic (exact) mass is 310 g/mol. The summed E-state index contributed by atoms with van der Waals surface area (Å²) < 4.78 is 0. The van der Waals surface area contributed by atoms with Crippen molar-refractivity contribution in [1.29, 1.82) is 0 Å². The maximum Gasteiger partial charge on any atom is 0.336 e. The average Bonchev–Trinajstić information content (AvgIpc) is 2.85. The summed E-state index contributed by atoms with van der Waals surface area (Å²) in [5.74, 6) is -1.24. The van der Waals surface area contributed by atoms with Crippen LogP contribution < -0.4 is 16.8 Å². The third kappa shape index (κ3) is 2.84. The first-order valence-corrected chi connectivity index (χ1v) is 6.84. The molecule has 2 aromatic rings. The molecular formula is C16H14N4O3. The number of carbonyl (C=O) groups excluding carboxylic acids is 1. The molecule has 1 heterocycles. The van der Waals surface area contributed by atoms with E-state index in [1.54, 1.807) is 24.3 Å². The third-order valence-electron chi connectivity index (χ3n) is 3.54. The molecule has 3 rings (SSSR count). The number of anilines is 1. The molecule has 2 aromatic carbocycles. The molecule has 0 saturated carbocycles. The summed E-state index contributed by atoms with van der Waals surface area (Å²) in [6.45, 7) is 0. The highest BCUT2D eigenvalue weighted by Crippen LogP contribution is 2.33. The quantitative estimate of drug-likeness (QED) is 0.503. The van der Waals surface area contributed by atoms with Crippen molar-refractivity contribution in [3.63, 3.8) is 0 Å². The fraction of sp³-hybridized carbons (Fsp3) is 0.0625. The van der Waals surface area contributed by atoms with E-state index >= 15 is 0 Å². The van der Waals surface area contributed by atoms with Gasteiger partial charge in [0.1, 0.15) is 0 Å². The minimum Gasteiger partial charge on any atom is -0.478 e. The Morgan fingerprint density at radius 1 is 1.17 bits per heavy atom. The van der Waals surface area contributed by atoms with E-state index in [4.69, 9.17) is 11.5 Å². The van der Waals surface area contributed by atoms with Crippen molar-refractivity contribution >= 4 is 29.2 Å². The van der Waals surface area contributed by atoms with Crippen LogP contribution >= 0.6 is 0 Å². The zero-order valence-electron chi connectivity index (χ0n) is 12.0. The summed E-state index contributed by atoms with van der Waals surface area (Å²) in [6.07, 6.45) is 0.329. The number of nitrogens with zero attached hydrogens (tertiary/aromatic N) is 1. The number of guanidine groups is 1. The number of carboxylic acids is 1. The van der Waals surface area contributed by atoms with E-state index in [1.807, 2.05) is 0 Å². The predicted molar refractivity (Wildman–Crippen MR) is 86.6 cm³/mol. The molecule has 1 aliphatic heterocycles. The van der Waals surface area contributed by atoms with Crippen molar-refractivity contribution in [2.24, 2.45) is 16.5 Å². The summed E-state index contributed by atoms with van der Waals surface area (Å²) in [4.78, 5) is 26.8. The SMILES string of the molecule is NC(N)=Nc1ccc(C(=O)O)c(-c2ccc3c(c2)NC(=O)C3)c1. The van der Waals surface area contributed by atoms with E-state index in [-0.39, 0.29) is 17.4 Å². The van der Waals surface area contributed by atoms with Crippen molar-refractivity contribution in [3.05, 3.63) is 47.5 Å². The van der Waals surface area contributed by atoms with E-state index in [0.29, 0.717) is 28.9 Å². The van der Waals surface area contributed by atoms with E-state index in [2.05, 4.69) is 10.3 Å². The number of rotatable bonds is 3. The van der Waals surface area contributed by atoms with Crippen molar-refractivity contribution < 1.29 is 14.7 Å². The van der Waals surface area contributed by atoms with Crippen LogP contribution in [0, 0.1) is 0 Å². The molecule has 0 aliphatic carbocycles. The van der Waals surface area contributed by atoms with Gasteiger partial charge < -0.3 is 21.9 Å². The first-order chi connectivity index (χ1) is 10.9. The molecule has 0 unspecified atom stereocenters. The Labute approximate surface area is 131 Å². The number of hydrogen-bond donors (Lipinski definition) is 4. The van der Waals surface area contributed by atoms with Crippen LogP contribution in [0.25, 0.3) is 11.1 Å². The largest absolute Gasteiger partial charge is 0.478 e. The number of aromatic carboxylic acids is 1. The highest BCUT2D eigenvalue weighted by atomic mass is 16.4. The summed E-state index contributed by atoms with van der Waals surface area (Å²) in [6, 6.07) is 9.91. The number of fused-ring (bicyclic) bond motifs is 1. The molecule has 6 N–H and O–H groups in total. The average molecular weight is 310 g/mol. The van der Waals surface area contributed by atoms with Crippen LogP contribution in [0.3, 0.4) is 0 Å². The minimum absolute atomic E-state index is 0.0788. The second kappa shape index (κ2) is 5.45. The Morgan fingerprint density at radius 3 is 2.65 bits per heavy atom. The standard InChI is InChI=1S/C16H14N4O3/c17-16(18)19-10-3-4-11(15(22)23)12(7-10)8-1-2-9-6-14(21)20-13(9)5-8/h1-5,7H,6H2,(H,20,21)(H,22,23)(H4,17,18,19). The Morgan fingerprint density at radius 2 is 1.96 bits per heavy atom. The van der Waals surface area contributed by atoms with Gasteiger partial charge in [-0.15, -0.1) is 0 Å². The van der Waals surface area contributed by atoms with Gasteiger partial charge in [0.05, 0.1) is 17.7 Å². The molecule has 0 fully saturated rings. The van der Waals surface area contributed by atoms with Crippen LogP contribution in [-0.2, 0) is 11.2 Å². The first-order valence-electron chi connectivity index (χ1n) is 6.84. The number of amides is 1. The molecule has 23 heavy (non-hydrogen) atoms. The van der Waals surface area contributed by atoms with Gasteiger partial charge in [0.15, 0.2) is 5.96 Å². The van der Waals surface area contributed by atoms with Crippen molar-refractivity contribution in [3.8, 4) is 11.1 Å². The van der Waals surface area contributed by atoms with Crippen molar-refractivity contribution in [2.45, 2.75) is 6.42 Å². The lowest BCUT2D eigenvalue weighted by Crippen LogP contribution is -2.21. The number of nitrogens with one attached hydrogen (secondary N) is 1. The molecule has 0 bridgehead atoms. The highest BCUT2D eigenvalue weighted by molar-refractivity contribution is 6.01. The summed E-state index contributed by atoms with van der Waals surface area (Å²) in [5, 5.41) is 12.1. The summed E-state index contributed by atoms with van der Waals surface area (Å²) >= 11 is 0. The summed E-state index contributed by atoms with van der Waals surface area (Å²) in [5.41, 5.74) is 14.0. The number of hydrogen-bond acceptors (Lipinski definition) is 3. The van der Waals surface area contributed by atoms with Crippen LogP contribution in [0.4, 0.5) is 11.4 Å². The lowest BCUT2D eigenvalue weighted by Gasteiger charge is -2.09. The summed E-state index contributed by atoms with van der Waals surface area (Å²) in [7, 11) is 0. The van der Waals surface area contributed by atoms with E-state index in [9.17, 15) is 14.7 Å². The zero-order valence-corrected chi connectivity index (χ0v) is 12.0. The number of benzene rings is 2. The maximum atomic E-state index is 11.5. The van der Waals surface area contributed by atoms with Crippen LogP contribution in [0.5, 0.6) is 0 Å². The molecule has 0 saturated heterocycles. The molecule has 0 aromatic heterocycles. The van der Waals surface area contributed by atoms with Gasteiger partial charge >= 0.3 is 5.97 Å². The molecule has 1 amide bonds. The van der Waals surface area contributed by atoms with Gasteiger partial charge in [-0.25, -0.2) is 9.79 Å². The first kappa shape index (κ1) is 14.6. The number of carbonyl (C=O) groups is 2. The van der Waals surface area contributed by atoms with Gasteiger partial charge in [0.2, 0.25) is 5.91 Å². The van der Waals surface area contributed by atoms with Gasteiger partial charge in [-0.05, 0) is 41.0 Å². The van der Waals surface area contributed by atoms with Crippen molar-refractivity contribution in [1.82, 2.24) is 0 Å². The normalized spacial score (nSPS) is 12.4. The van der Waals surface area contributed by atoms with Crippen LogP contribution in [0.15, 0.2) is 41.4 Å². The second-order valence-corrected chi connectivity index (χ2v) is 5.17. The molecule has 116 valence electrons. The lowest BCUT2D eigenvalue weighted by atomic mass is 9.97. The van der Waals surface area contributed by atoms with E-state index in [0.717, 1.165) is 5.56 Å². The number of aliphatic imine (C=N–C) groups is 1. The molecule has 1 aliphatic rings. The zero-order chi connectivity index (χ0) is 16.6. The Balaban J connectivity index is 2.14. The Hall–Kier alpha value is -3.35. The van der Waals surface area contributed by atoms with Gasteiger partial charge in [0, 0.05) is 5.69 Å². The number of carboxylic acid groups (broad SMARTS) is 1. The topological polar surface area (TPSA) is 131 Å².